The van der Waals surface area contributed by atoms with Crippen molar-refractivity contribution >= 4 is 28.2 Å². The normalized spacial score (nSPS) is 11.1. The number of rotatable bonds is 15. The number of fused-ring (bicyclic) bond motifs is 1. The zero-order valence-electron chi connectivity index (χ0n) is 26.4. The first kappa shape index (κ1) is 31.5. The van der Waals surface area contributed by atoms with Crippen LogP contribution in [0, 0.1) is 0 Å². The number of likely N-dealkylation sites (N-methyl/N-ethyl adjacent to an activating group) is 1. The van der Waals surface area contributed by atoms with Crippen LogP contribution in [0.1, 0.15) is 19.8 Å². The molecule has 0 bridgehead atoms. The van der Waals surface area contributed by atoms with Crippen LogP contribution < -0.4 is 15.4 Å². The molecule has 3 aromatic heterocycles. The van der Waals surface area contributed by atoms with Crippen molar-refractivity contribution in [3.63, 3.8) is 0 Å². The molecule has 238 valence electrons. The molecule has 0 aliphatic rings. The fourth-order valence-electron chi connectivity index (χ4n) is 5.35. The Hall–Kier alpha value is -5.45. The van der Waals surface area contributed by atoms with E-state index in [0.717, 1.165) is 65.8 Å². The third-order valence-electron chi connectivity index (χ3n) is 7.82. The Morgan fingerprint density at radius 2 is 1.57 bits per heavy atom. The van der Waals surface area contributed by atoms with Gasteiger partial charge in [0, 0.05) is 47.5 Å². The van der Waals surface area contributed by atoms with Crippen molar-refractivity contribution in [2.75, 3.05) is 43.4 Å². The lowest BCUT2D eigenvalue weighted by atomic mass is 10.0. The summed E-state index contributed by atoms with van der Waals surface area (Å²) in [5, 5.41) is 27.0. The van der Waals surface area contributed by atoms with Crippen molar-refractivity contribution in [1.29, 1.82) is 0 Å². The number of hydrogen-bond donors (Lipinski definition) is 3. The van der Waals surface area contributed by atoms with E-state index in [0.29, 0.717) is 35.6 Å². The largest absolute Gasteiger partial charge is 0.438 e. The Kier molecular flexibility index (Phi) is 10.5. The Bertz CT molecular complexity index is 1890. The number of pyridine rings is 1. The first-order valence-corrected chi connectivity index (χ1v) is 15.9. The molecule has 0 aliphatic heterocycles. The summed E-state index contributed by atoms with van der Waals surface area (Å²) in [6, 6.07) is 31.5. The number of hydrogen-bond acceptors (Lipinski definition) is 10. The van der Waals surface area contributed by atoms with E-state index in [-0.39, 0.29) is 6.61 Å². The van der Waals surface area contributed by atoms with Crippen LogP contribution in [0.25, 0.3) is 33.3 Å². The van der Waals surface area contributed by atoms with Gasteiger partial charge in [-0.15, -0.1) is 10.2 Å². The monoisotopic (exact) mass is 626 g/mol. The zero-order valence-corrected chi connectivity index (χ0v) is 26.4. The summed E-state index contributed by atoms with van der Waals surface area (Å²) >= 11 is 0. The van der Waals surface area contributed by atoms with Crippen LogP contribution in [0.15, 0.2) is 109 Å². The van der Waals surface area contributed by atoms with Gasteiger partial charge in [0.15, 0.2) is 5.82 Å². The van der Waals surface area contributed by atoms with E-state index in [1.165, 1.54) is 0 Å². The number of nitrogens with one attached hydrogen (secondary N) is 2. The topological polar surface area (TPSA) is 121 Å². The highest BCUT2D eigenvalue weighted by molar-refractivity contribution is 6.00. The number of nitrogens with zero attached hydrogens (tertiary/aromatic N) is 6. The first-order valence-electron chi connectivity index (χ1n) is 15.9. The van der Waals surface area contributed by atoms with Crippen LogP contribution >= 0.6 is 0 Å². The Balaban J connectivity index is 1.11. The van der Waals surface area contributed by atoms with Crippen molar-refractivity contribution < 1.29 is 9.84 Å². The number of aliphatic hydroxyl groups excluding tert-OH is 1. The molecule has 0 unspecified atom stereocenters. The van der Waals surface area contributed by atoms with Gasteiger partial charge >= 0.3 is 0 Å². The molecule has 0 aliphatic carbocycles. The standard InChI is InChI=1S/C37H38N8O2/c1-2-45(25-26-46)24-9-8-21-39-37-40-23-20-33(42-37)32-15-10-22-38-36(32)47-29-18-16-28(17-19-29)41-35-31-14-7-6-13-30(31)34(43-44-35)27-11-4-3-5-12-27/h3-7,10-20,22-23,46H,2,8-9,21,24-26H2,1H3,(H,41,44)(H,39,40,42). The SMILES string of the molecule is CCN(CCO)CCCCNc1nccc(-c2cccnc2Oc2ccc(Nc3nnc(-c4ccccc4)c4ccccc34)cc2)n1. The second kappa shape index (κ2) is 15.7. The number of benzene rings is 3. The molecule has 0 atom stereocenters. The third kappa shape index (κ3) is 8.04. The minimum atomic E-state index is 0.188. The molecule has 10 heteroatoms. The summed E-state index contributed by atoms with van der Waals surface area (Å²) < 4.78 is 6.24. The van der Waals surface area contributed by atoms with Crippen LogP contribution in [0.4, 0.5) is 17.5 Å². The van der Waals surface area contributed by atoms with Gasteiger partial charge in [-0.1, -0.05) is 61.5 Å². The molecule has 0 fully saturated rings. The Morgan fingerprint density at radius 1 is 0.766 bits per heavy atom. The fourth-order valence-corrected chi connectivity index (χ4v) is 5.35. The van der Waals surface area contributed by atoms with E-state index in [9.17, 15) is 5.11 Å². The maximum Gasteiger partial charge on any atom is 0.228 e. The van der Waals surface area contributed by atoms with E-state index in [1.54, 1.807) is 12.4 Å². The van der Waals surface area contributed by atoms with Crippen molar-refractivity contribution in [3.05, 3.63) is 109 Å². The molecule has 3 N–H and O–H groups in total. The number of unbranched alkanes of at least 4 members (excludes halogenated alkanes) is 1. The lowest BCUT2D eigenvalue weighted by molar-refractivity contribution is 0.200. The molecule has 0 spiro atoms. The van der Waals surface area contributed by atoms with Crippen molar-refractivity contribution in [2.45, 2.75) is 19.8 Å². The molecule has 0 radical (unpaired) electrons. The average Bonchev–Trinajstić information content (AvgIpc) is 3.12. The van der Waals surface area contributed by atoms with E-state index in [4.69, 9.17) is 9.72 Å². The molecule has 10 nitrogen and oxygen atoms in total. The minimum absolute atomic E-state index is 0.188. The van der Waals surface area contributed by atoms with E-state index in [2.05, 4.69) is 48.7 Å². The van der Waals surface area contributed by atoms with Gasteiger partial charge in [0.2, 0.25) is 11.8 Å². The van der Waals surface area contributed by atoms with Gasteiger partial charge in [-0.05, 0) is 68.4 Å². The maximum atomic E-state index is 9.18. The van der Waals surface area contributed by atoms with Gasteiger partial charge < -0.3 is 25.4 Å². The summed E-state index contributed by atoms with van der Waals surface area (Å²) in [7, 11) is 0. The lowest BCUT2D eigenvalue weighted by Gasteiger charge is -2.18. The second-order valence-corrected chi connectivity index (χ2v) is 11.0. The molecule has 47 heavy (non-hydrogen) atoms. The number of aromatic nitrogens is 5. The van der Waals surface area contributed by atoms with Gasteiger partial charge in [0.05, 0.1) is 17.9 Å². The smallest absolute Gasteiger partial charge is 0.228 e. The average molecular weight is 627 g/mol. The highest BCUT2D eigenvalue weighted by Gasteiger charge is 2.13. The molecule has 0 saturated carbocycles. The van der Waals surface area contributed by atoms with E-state index in [1.807, 2.05) is 91.0 Å². The fraction of sp³-hybridized carbons (Fsp3) is 0.216. The summed E-state index contributed by atoms with van der Waals surface area (Å²) in [4.78, 5) is 15.9. The van der Waals surface area contributed by atoms with Gasteiger partial charge in [-0.2, -0.15) is 0 Å². The summed E-state index contributed by atoms with van der Waals surface area (Å²) in [5.74, 6) is 2.33. The Labute approximate surface area is 274 Å². The molecular formula is C37H38N8O2. The molecule has 0 saturated heterocycles. The lowest BCUT2D eigenvalue weighted by Crippen LogP contribution is -2.28. The molecule has 6 rings (SSSR count). The van der Waals surface area contributed by atoms with Crippen LogP contribution in [0.3, 0.4) is 0 Å². The number of ether oxygens (including phenoxy) is 1. The molecule has 0 amide bonds. The molecular weight excluding hydrogens is 588 g/mol. The predicted molar refractivity (Wildman–Crippen MR) is 187 cm³/mol. The van der Waals surface area contributed by atoms with Crippen LogP contribution in [0.5, 0.6) is 11.6 Å². The third-order valence-corrected chi connectivity index (χ3v) is 7.82. The highest BCUT2D eigenvalue weighted by Crippen LogP contribution is 2.33. The van der Waals surface area contributed by atoms with Crippen molar-refractivity contribution in [2.24, 2.45) is 0 Å². The predicted octanol–water partition coefficient (Wildman–Crippen LogP) is 7.19. The second-order valence-electron chi connectivity index (χ2n) is 11.0. The van der Waals surface area contributed by atoms with Gasteiger partial charge in [-0.25, -0.2) is 15.0 Å². The minimum Gasteiger partial charge on any atom is -0.438 e. The molecule has 6 aromatic rings. The molecule has 3 heterocycles. The van der Waals surface area contributed by atoms with Crippen LogP contribution in [0.2, 0.25) is 0 Å². The number of aliphatic hydroxyl groups is 1. The maximum absolute atomic E-state index is 9.18. The van der Waals surface area contributed by atoms with E-state index >= 15 is 0 Å². The summed E-state index contributed by atoms with van der Waals surface area (Å²) in [5.41, 5.74) is 4.21. The van der Waals surface area contributed by atoms with Crippen molar-refractivity contribution in [1.82, 2.24) is 30.0 Å². The highest BCUT2D eigenvalue weighted by atomic mass is 16.5. The van der Waals surface area contributed by atoms with Crippen LogP contribution in [-0.4, -0.2) is 67.9 Å². The molecule has 3 aromatic carbocycles. The van der Waals surface area contributed by atoms with Gasteiger partial charge in [0.1, 0.15) is 11.4 Å². The first-order chi connectivity index (χ1) is 23.2. The van der Waals surface area contributed by atoms with Crippen LogP contribution in [-0.2, 0) is 0 Å². The number of anilines is 3. The van der Waals surface area contributed by atoms with Gasteiger partial charge in [-0.3, -0.25) is 0 Å². The van der Waals surface area contributed by atoms with Crippen molar-refractivity contribution in [3.8, 4) is 34.1 Å². The summed E-state index contributed by atoms with van der Waals surface area (Å²) in [6.45, 7) is 5.66. The Morgan fingerprint density at radius 3 is 2.38 bits per heavy atom. The zero-order chi connectivity index (χ0) is 32.3. The van der Waals surface area contributed by atoms with Gasteiger partial charge in [0.25, 0.3) is 0 Å². The van der Waals surface area contributed by atoms with E-state index < -0.39 is 0 Å². The summed E-state index contributed by atoms with van der Waals surface area (Å²) in [6.07, 6.45) is 5.44. The quantitative estimate of drug-likeness (QED) is 0.101.